The summed E-state index contributed by atoms with van der Waals surface area (Å²) in [6.45, 7) is 0.590. The molecule has 2 rings (SSSR count). The zero-order valence-electron chi connectivity index (χ0n) is 9.72. The fourth-order valence-corrected chi connectivity index (χ4v) is 2.96. The summed E-state index contributed by atoms with van der Waals surface area (Å²) in [5.74, 6) is 0.151. The Kier molecular flexibility index (Phi) is 3.49. The highest BCUT2D eigenvalue weighted by molar-refractivity contribution is 8.13. The molecule has 0 N–H and O–H groups in total. The van der Waals surface area contributed by atoms with Crippen molar-refractivity contribution >= 4 is 31.3 Å². The lowest BCUT2D eigenvalue weighted by atomic mass is 10.3. The van der Waals surface area contributed by atoms with Gasteiger partial charge in [-0.25, -0.2) is 8.42 Å². The Balaban J connectivity index is 2.49. The van der Waals surface area contributed by atoms with Gasteiger partial charge >= 0.3 is 0 Å². The molecule has 1 heterocycles. The summed E-state index contributed by atoms with van der Waals surface area (Å²) in [5.41, 5.74) is 0.525. The Bertz CT molecular complexity index is 585. The summed E-state index contributed by atoms with van der Waals surface area (Å²) >= 11 is 0. The number of methoxy groups -OCH3 is 1. The molecular weight excluding hydrogens is 278 g/mol. The normalized spacial score (nSPS) is 16.1. The van der Waals surface area contributed by atoms with Crippen molar-refractivity contribution in [3.8, 4) is 5.75 Å². The third-order valence-electron chi connectivity index (χ3n) is 2.79. The van der Waals surface area contributed by atoms with Gasteiger partial charge in [0.15, 0.2) is 0 Å². The first-order chi connectivity index (χ1) is 8.43. The second-order valence-electron chi connectivity index (χ2n) is 3.92. The van der Waals surface area contributed by atoms with Gasteiger partial charge in [0, 0.05) is 29.3 Å². The number of ether oxygens (including phenoxy) is 1. The number of carbonyl (C=O) groups excluding carboxylic acids is 1. The van der Waals surface area contributed by atoms with Crippen molar-refractivity contribution in [3.05, 3.63) is 18.2 Å². The molecule has 0 unspecified atom stereocenters. The van der Waals surface area contributed by atoms with E-state index in [1.165, 1.54) is 19.2 Å². The molecule has 1 aliphatic rings. The van der Waals surface area contributed by atoms with Crippen molar-refractivity contribution in [2.75, 3.05) is 18.6 Å². The zero-order valence-corrected chi connectivity index (χ0v) is 11.3. The first kappa shape index (κ1) is 13.2. The van der Waals surface area contributed by atoms with Crippen LogP contribution >= 0.6 is 10.7 Å². The average Bonchev–Trinajstić information content (AvgIpc) is 2.73. The highest BCUT2D eigenvalue weighted by atomic mass is 35.7. The van der Waals surface area contributed by atoms with E-state index in [1.54, 1.807) is 11.0 Å². The molecule has 0 bridgehead atoms. The number of hydrogen-bond acceptors (Lipinski definition) is 4. The maximum absolute atomic E-state index is 11.6. The molecule has 98 valence electrons. The minimum Gasteiger partial charge on any atom is -0.495 e. The van der Waals surface area contributed by atoms with Gasteiger partial charge in [-0.1, -0.05) is 0 Å². The number of benzene rings is 1. The van der Waals surface area contributed by atoms with Crippen LogP contribution in [-0.4, -0.2) is 28.0 Å². The van der Waals surface area contributed by atoms with Crippen LogP contribution in [0.25, 0.3) is 0 Å². The van der Waals surface area contributed by atoms with Crippen LogP contribution in [0.3, 0.4) is 0 Å². The quantitative estimate of drug-likeness (QED) is 0.795. The molecule has 5 nitrogen and oxygen atoms in total. The van der Waals surface area contributed by atoms with E-state index in [0.717, 1.165) is 6.42 Å². The Hall–Kier alpha value is -1.27. The lowest BCUT2D eigenvalue weighted by Gasteiger charge is -2.17. The first-order valence-electron chi connectivity index (χ1n) is 5.36. The summed E-state index contributed by atoms with van der Waals surface area (Å²) in [6, 6.07) is 4.51. The highest BCUT2D eigenvalue weighted by Gasteiger charge is 2.24. The van der Waals surface area contributed by atoms with Gasteiger partial charge in [0.2, 0.25) is 5.91 Å². The SMILES string of the molecule is COc1ccc(N2CCCC2=O)cc1S(=O)(=O)Cl. The topological polar surface area (TPSA) is 63.7 Å². The van der Waals surface area contributed by atoms with E-state index < -0.39 is 9.05 Å². The van der Waals surface area contributed by atoms with Gasteiger partial charge in [0.05, 0.1) is 7.11 Å². The van der Waals surface area contributed by atoms with E-state index in [-0.39, 0.29) is 16.6 Å². The van der Waals surface area contributed by atoms with Gasteiger partial charge in [0.1, 0.15) is 10.6 Å². The van der Waals surface area contributed by atoms with Crippen LogP contribution in [0, 0.1) is 0 Å². The average molecular weight is 290 g/mol. The molecule has 0 radical (unpaired) electrons. The monoisotopic (exact) mass is 289 g/mol. The summed E-state index contributed by atoms with van der Waals surface area (Å²) in [5, 5.41) is 0. The van der Waals surface area contributed by atoms with Crippen molar-refractivity contribution in [2.45, 2.75) is 17.7 Å². The van der Waals surface area contributed by atoms with Gasteiger partial charge in [-0.05, 0) is 24.6 Å². The van der Waals surface area contributed by atoms with Crippen LogP contribution in [0.15, 0.2) is 23.1 Å². The number of carbonyl (C=O) groups is 1. The van der Waals surface area contributed by atoms with Gasteiger partial charge in [-0.15, -0.1) is 0 Å². The summed E-state index contributed by atoms with van der Waals surface area (Å²) in [7, 11) is 2.80. The van der Waals surface area contributed by atoms with Crippen molar-refractivity contribution in [1.82, 2.24) is 0 Å². The molecule has 1 amide bonds. The van der Waals surface area contributed by atoms with Crippen molar-refractivity contribution in [1.29, 1.82) is 0 Å². The molecule has 0 saturated carbocycles. The fourth-order valence-electron chi connectivity index (χ4n) is 1.94. The van der Waals surface area contributed by atoms with Crippen LogP contribution in [0.4, 0.5) is 5.69 Å². The Morgan fingerprint density at radius 3 is 2.61 bits per heavy atom. The molecule has 1 aromatic rings. The maximum Gasteiger partial charge on any atom is 0.265 e. The van der Waals surface area contributed by atoms with E-state index in [2.05, 4.69) is 0 Å². The van der Waals surface area contributed by atoms with E-state index in [1.807, 2.05) is 0 Å². The van der Waals surface area contributed by atoms with Gasteiger partial charge < -0.3 is 9.64 Å². The maximum atomic E-state index is 11.6. The second kappa shape index (κ2) is 4.78. The molecular formula is C11H12ClNO4S. The molecule has 18 heavy (non-hydrogen) atoms. The third-order valence-corrected chi connectivity index (χ3v) is 4.14. The largest absolute Gasteiger partial charge is 0.495 e. The number of anilines is 1. The molecule has 1 fully saturated rings. The first-order valence-corrected chi connectivity index (χ1v) is 7.67. The number of halogens is 1. The number of nitrogens with zero attached hydrogens (tertiary/aromatic N) is 1. The van der Waals surface area contributed by atoms with Gasteiger partial charge in [-0.3, -0.25) is 4.79 Å². The van der Waals surface area contributed by atoms with Crippen molar-refractivity contribution < 1.29 is 17.9 Å². The molecule has 1 aliphatic heterocycles. The lowest BCUT2D eigenvalue weighted by molar-refractivity contribution is -0.117. The van der Waals surface area contributed by atoms with Crippen LogP contribution in [-0.2, 0) is 13.8 Å². The molecule has 1 saturated heterocycles. The molecule has 7 heteroatoms. The van der Waals surface area contributed by atoms with Crippen molar-refractivity contribution in [3.63, 3.8) is 0 Å². The summed E-state index contributed by atoms with van der Waals surface area (Å²) in [4.78, 5) is 13.0. The fraction of sp³-hybridized carbons (Fsp3) is 0.364. The van der Waals surface area contributed by atoms with E-state index in [4.69, 9.17) is 15.4 Å². The van der Waals surface area contributed by atoms with Gasteiger partial charge in [-0.2, -0.15) is 0 Å². The molecule has 0 spiro atoms. The predicted molar refractivity (Wildman–Crippen MR) is 67.6 cm³/mol. The molecule has 0 aliphatic carbocycles. The smallest absolute Gasteiger partial charge is 0.265 e. The number of hydrogen-bond donors (Lipinski definition) is 0. The lowest BCUT2D eigenvalue weighted by Crippen LogP contribution is -2.23. The van der Waals surface area contributed by atoms with Crippen molar-refractivity contribution in [2.24, 2.45) is 0 Å². The van der Waals surface area contributed by atoms with E-state index in [9.17, 15) is 13.2 Å². The predicted octanol–water partition coefficient (Wildman–Crippen LogP) is 1.75. The number of amides is 1. The van der Waals surface area contributed by atoms with E-state index in [0.29, 0.717) is 18.7 Å². The second-order valence-corrected chi connectivity index (χ2v) is 6.46. The van der Waals surface area contributed by atoms with Crippen LogP contribution in [0.2, 0.25) is 0 Å². The molecule has 0 atom stereocenters. The Morgan fingerprint density at radius 2 is 2.11 bits per heavy atom. The van der Waals surface area contributed by atoms with Crippen LogP contribution < -0.4 is 9.64 Å². The van der Waals surface area contributed by atoms with Gasteiger partial charge in [0.25, 0.3) is 9.05 Å². The molecule has 0 aromatic heterocycles. The molecule has 1 aromatic carbocycles. The van der Waals surface area contributed by atoms with Crippen LogP contribution in [0.1, 0.15) is 12.8 Å². The highest BCUT2D eigenvalue weighted by Crippen LogP contribution is 2.32. The Morgan fingerprint density at radius 1 is 1.39 bits per heavy atom. The summed E-state index contributed by atoms with van der Waals surface area (Å²) in [6.07, 6.45) is 1.25. The standard InChI is InChI=1S/C11H12ClNO4S/c1-17-9-5-4-8(7-10(9)18(12,15)16)13-6-2-3-11(13)14/h4-5,7H,2-3,6H2,1H3. The Labute approximate surface area is 110 Å². The minimum atomic E-state index is -3.91. The summed E-state index contributed by atoms with van der Waals surface area (Å²) < 4.78 is 27.8. The minimum absolute atomic E-state index is 0.0157. The zero-order chi connectivity index (χ0) is 13.3. The third kappa shape index (κ3) is 2.44. The number of rotatable bonds is 3. The van der Waals surface area contributed by atoms with E-state index >= 15 is 0 Å². The van der Waals surface area contributed by atoms with Crippen LogP contribution in [0.5, 0.6) is 5.75 Å².